The number of benzene rings is 1. The minimum Gasteiger partial charge on any atom is -0.491 e. The van der Waals surface area contributed by atoms with Crippen LogP contribution in [0.25, 0.3) is 0 Å². The molecular weight excluding hydrogens is 236 g/mol. The van der Waals surface area contributed by atoms with Crippen LogP contribution < -0.4 is 10.1 Å². The quantitative estimate of drug-likeness (QED) is 0.883. The SMILES string of the molecule is CNC1CCN(Cc2cccc(OC(C)C)c2)CC1. The van der Waals surface area contributed by atoms with Gasteiger partial charge in [0, 0.05) is 12.6 Å². The van der Waals surface area contributed by atoms with Crippen LogP contribution in [0.4, 0.5) is 0 Å². The second kappa shape index (κ2) is 6.92. The second-order valence-corrected chi connectivity index (χ2v) is 5.65. The highest BCUT2D eigenvalue weighted by Crippen LogP contribution is 2.18. The molecule has 1 N–H and O–H groups in total. The fraction of sp³-hybridized carbons (Fsp3) is 0.625. The first-order valence-corrected chi connectivity index (χ1v) is 7.32. The maximum atomic E-state index is 5.75. The summed E-state index contributed by atoms with van der Waals surface area (Å²) >= 11 is 0. The zero-order valence-corrected chi connectivity index (χ0v) is 12.4. The Kier molecular flexibility index (Phi) is 5.23. The molecule has 1 aliphatic rings. The molecule has 3 heteroatoms. The van der Waals surface area contributed by atoms with Gasteiger partial charge in [0.2, 0.25) is 0 Å². The maximum absolute atomic E-state index is 5.75. The molecule has 3 nitrogen and oxygen atoms in total. The highest BCUT2D eigenvalue weighted by atomic mass is 16.5. The number of nitrogens with one attached hydrogen (secondary N) is 1. The third-order valence-corrected chi connectivity index (χ3v) is 3.67. The molecule has 1 saturated heterocycles. The summed E-state index contributed by atoms with van der Waals surface area (Å²) in [5.41, 5.74) is 1.35. The Morgan fingerprint density at radius 2 is 2.05 bits per heavy atom. The minimum atomic E-state index is 0.238. The molecule has 1 aliphatic heterocycles. The molecule has 1 aromatic rings. The van der Waals surface area contributed by atoms with E-state index in [0.717, 1.165) is 12.3 Å². The van der Waals surface area contributed by atoms with Gasteiger partial charge in [-0.05, 0) is 64.5 Å². The van der Waals surface area contributed by atoms with Crippen molar-refractivity contribution < 1.29 is 4.74 Å². The summed E-state index contributed by atoms with van der Waals surface area (Å²) in [7, 11) is 2.06. The zero-order valence-electron chi connectivity index (χ0n) is 12.4. The van der Waals surface area contributed by atoms with Crippen LogP contribution in [-0.4, -0.2) is 37.2 Å². The molecule has 1 fully saturated rings. The van der Waals surface area contributed by atoms with Gasteiger partial charge in [-0.15, -0.1) is 0 Å². The molecule has 0 amide bonds. The Bertz CT molecular complexity index is 384. The summed E-state index contributed by atoms with van der Waals surface area (Å²) < 4.78 is 5.75. The van der Waals surface area contributed by atoms with E-state index in [-0.39, 0.29) is 6.10 Å². The molecule has 0 radical (unpaired) electrons. The lowest BCUT2D eigenvalue weighted by molar-refractivity contribution is 0.194. The van der Waals surface area contributed by atoms with Crippen LogP contribution in [0.1, 0.15) is 32.3 Å². The summed E-state index contributed by atoms with van der Waals surface area (Å²) in [4.78, 5) is 2.53. The Balaban J connectivity index is 1.89. The molecule has 0 spiro atoms. The lowest BCUT2D eigenvalue weighted by atomic mass is 10.0. The smallest absolute Gasteiger partial charge is 0.120 e. The van der Waals surface area contributed by atoms with Crippen molar-refractivity contribution in [3.05, 3.63) is 29.8 Å². The average molecular weight is 262 g/mol. The van der Waals surface area contributed by atoms with Crippen molar-refractivity contribution in [3.63, 3.8) is 0 Å². The zero-order chi connectivity index (χ0) is 13.7. The average Bonchev–Trinajstić information content (AvgIpc) is 2.39. The van der Waals surface area contributed by atoms with Crippen LogP contribution in [0.15, 0.2) is 24.3 Å². The standard InChI is InChI=1S/C16H26N2O/c1-13(2)19-16-6-4-5-14(11-16)12-18-9-7-15(17-3)8-10-18/h4-6,11,13,15,17H,7-10,12H2,1-3H3. The van der Waals surface area contributed by atoms with Gasteiger partial charge >= 0.3 is 0 Å². The van der Waals surface area contributed by atoms with E-state index in [0.29, 0.717) is 6.04 Å². The fourth-order valence-corrected chi connectivity index (χ4v) is 2.63. The van der Waals surface area contributed by atoms with E-state index in [4.69, 9.17) is 4.74 Å². The monoisotopic (exact) mass is 262 g/mol. The number of nitrogens with zero attached hydrogens (tertiary/aromatic N) is 1. The molecule has 0 saturated carbocycles. The van der Waals surface area contributed by atoms with E-state index in [1.54, 1.807) is 0 Å². The molecule has 0 aromatic heterocycles. The van der Waals surface area contributed by atoms with Crippen molar-refractivity contribution in [2.45, 2.75) is 45.4 Å². The molecule has 106 valence electrons. The second-order valence-electron chi connectivity index (χ2n) is 5.65. The number of rotatable bonds is 5. The maximum Gasteiger partial charge on any atom is 0.120 e. The summed E-state index contributed by atoms with van der Waals surface area (Å²) in [5.74, 6) is 0.984. The first-order chi connectivity index (χ1) is 9.17. The minimum absolute atomic E-state index is 0.238. The highest BCUT2D eigenvalue weighted by molar-refractivity contribution is 5.28. The van der Waals surface area contributed by atoms with Gasteiger partial charge in [-0.2, -0.15) is 0 Å². The molecule has 0 aliphatic carbocycles. The molecule has 2 rings (SSSR count). The van der Waals surface area contributed by atoms with Crippen LogP contribution in [0, 0.1) is 0 Å². The fourth-order valence-electron chi connectivity index (χ4n) is 2.63. The predicted octanol–water partition coefficient (Wildman–Crippen LogP) is 2.66. The van der Waals surface area contributed by atoms with Crippen molar-refractivity contribution in [3.8, 4) is 5.75 Å². The molecule has 1 aromatic carbocycles. The van der Waals surface area contributed by atoms with Crippen molar-refractivity contribution in [2.75, 3.05) is 20.1 Å². The lowest BCUT2D eigenvalue weighted by Gasteiger charge is -2.31. The van der Waals surface area contributed by atoms with Crippen molar-refractivity contribution in [1.29, 1.82) is 0 Å². The van der Waals surface area contributed by atoms with Crippen molar-refractivity contribution in [1.82, 2.24) is 10.2 Å². The van der Waals surface area contributed by atoms with Crippen LogP contribution in [-0.2, 0) is 6.54 Å². The molecule has 1 heterocycles. The number of hydrogen-bond donors (Lipinski definition) is 1. The predicted molar refractivity (Wildman–Crippen MR) is 79.6 cm³/mol. The van der Waals surface area contributed by atoms with E-state index in [1.807, 2.05) is 6.07 Å². The Morgan fingerprint density at radius 3 is 2.68 bits per heavy atom. The first-order valence-electron chi connectivity index (χ1n) is 7.32. The topological polar surface area (TPSA) is 24.5 Å². The summed E-state index contributed by atoms with van der Waals surface area (Å²) in [6.07, 6.45) is 2.74. The van der Waals surface area contributed by atoms with E-state index >= 15 is 0 Å². The molecular formula is C16H26N2O. The Labute approximate surface area is 116 Å². The van der Waals surface area contributed by atoms with Gasteiger partial charge < -0.3 is 10.1 Å². The van der Waals surface area contributed by atoms with Gasteiger partial charge in [0.25, 0.3) is 0 Å². The largest absolute Gasteiger partial charge is 0.491 e. The van der Waals surface area contributed by atoms with Gasteiger partial charge in [0.1, 0.15) is 5.75 Å². The summed E-state index contributed by atoms with van der Waals surface area (Å²) in [6, 6.07) is 9.19. The van der Waals surface area contributed by atoms with E-state index < -0.39 is 0 Å². The van der Waals surface area contributed by atoms with Crippen LogP contribution in [0.2, 0.25) is 0 Å². The number of likely N-dealkylation sites (tertiary alicyclic amines) is 1. The Hall–Kier alpha value is -1.06. The van der Waals surface area contributed by atoms with E-state index in [1.165, 1.54) is 31.5 Å². The molecule has 0 unspecified atom stereocenters. The van der Waals surface area contributed by atoms with Crippen molar-refractivity contribution in [2.24, 2.45) is 0 Å². The third-order valence-electron chi connectivity index (χ3n) is 3.67. The third kappa shape index (κ3) is 4.51. The molecule has 0 atom stereocenters. The van der Waals surface area contributed by atoms with Crippen LogP contribution in [0.3, 0.4) is 0 Å². The Morgan fingerprint density at radius 1 is 1.32 bits per heavy atom. The van der Waals surface area contributed by atoms with Gasteiger partial charge in [-0.3, -0.25) is 4.90 Å². The van der Waals surface area contributed by atoms with Crippen LogP contribution in [0.5, 0.6) is 5.75 Å². The summed E-state index contributed by atoms with van der Waals surface area (Å²) in [6.45, 7) is 7.53. The van der Waals surface area contributed by atoms with E-state index in [2.05, 4.69) is 49.3 Å². The normalized spacial score (nSPS) is 17.9. The molecule has 19 heavy (non-hydrogen) atoms. The lowest BCUT2D eigenvalue weighted by Crippen LogP contribution is -2.40. The van der Waals surface area contributed by atoms with Crippen molar-refractivity contribution >= 4 is 0 Å². The van der Waals surface area contributed by atoms with Gasteiger partial charge in [0.05, 0.1) is 6.10 Å². The number of piperidine rings is 1. The van der Waals surface area contributed by atoms with Gasteiger partial charge in [-0.1, -0.05) is 12.1 Å². The number of hydrogen-bond acceptors (Lipinski definition) is 3. The van der Waals surface area contributed by atoms with E-state index in [9.17, 15) is 0 Å². The first kappa shape index (κ1) is 14.4. The number of ether oxygens (including phenoxy) is 1. The van der Waals surface area contributed by atoms with Gasteiger partial charge in [-0.25, -0.2) is 0 Å². The highest BCUT2D eigenvalue weighted by Gasteiger charge is 2.17. The van der Waals surface area contributed by atoms with Gasteiger partial charge in [0.15, 0.2) is 0 Å². The summed E-state index contributed by atoms with van der Waals surface area (Å²) in [5, 5.41) is 3.37. The van der Waals surface area contributed by atoms with Crippen LogP contribution >= 0.6 is 0 Å². The molecule has 0 bridgehead atoms.